The highest BCUT2D eigenvalue weighted by Gasteiger charge is 2.38. The van der Waals surface area contributed by atoms with E-state index < -0.39 is 52.3 Å². The van der Waals surface area contributed by atoms with Crippen LogP contribution >= 0.6 is 11.6 Å². The summed E-state index contributed by atoms with van der Waals surface area (Å²) in [5.41, 5.74) is 2.85. The third kappa shape index (κ3) is 4.94. The SMILES string of the molecule is Cc1c(C(F)(F)F)nnc(Oc2ccc(Cl)cc2F)c1C(=O)Nc1ccc(C(N)=O)cc1. The van der Waals surface area contributed by atoms with E-state index in [-0.39, 0.29) is 16.3 Å². The zero-order valence-corrected chi connectivity index (χ0v) is 16.9. The molecule has 0 radical (unpaired) electrons. The Morgan fingerprint density at radius 1 is 1.09 bits per heavy atom. The zero-order valence-electron chi connectivity index (χ0n) is 16.1. The maximum absolute atomic E-state index is 14.1. The molecule has 12 heteroatoms. The topological polar surface area (TPSA) is 107 Å². The van der Waals surface area contributed by atoms with E-state index in [0.717, 1.165) is 19.1 Å². The van der Waals surface area contributed by atoms with Crippen molar-refractivity contribution >= 4 is 29.1 Å². The van der Waals surface area contributed by atoms with Gasteiger partial charge in [0.05, 0.1) is 0 Å². The van der Waals surface area contributed by atoms with Gasteiger partial charge >= 0.3 is 6.18 Å². The number of rotatable bonds is 5. The van der Waals surface area contributed by atoms with E-state index in [1.807, 2.05) is 0 Å². The van der Waals surface area contributed by atoms with Crippen molar-refractivity contribution in [2.75, 3.05) is 5.32 Å². The Morgan fingerprint density at radius 3 is 2.31 bits per heavy atom. The average molecular weight is 469 g/mol. The zero-order chi connectivity index (χ0) is 23.6. The Labute approximate surface area is 183 Å². The minimum Gasteiger partial charge on any atom is -0.434 e. The number of aromatic nitrogens is 2. The first-order valence-electron chi connectivity index (χ1n) is 8.76. The molecule has 0 spiro atoms. The van der Waals surface area contributed by atoms with Gasteiger partial charge in [-0.25, -0.2) is 4.39 Å². The Hall–Kier alpha value is -3.73. The molecule has 1 aromatic heterocycles. The molecule has 3 aromatic rings. The number of nitrogens with one attached hydrogen (secondary N) is 1. The minimum atomic E-state index is -4.90. The number of nitrogens with zero attached hydrogens (tertiary/aromatic N) is 2. The largest absolute Gasteiger partial charge is 0.435 e. The normalized spacial score (nSPS) is 11.2. The van der Waals surface area contributed by atoms with E-state index in [1.54, 1.807) is 0 Å². The lowest BCUT2D eigenvalue weighted by atomic mass is 10.1. The van der Waals surface area contributed by atoms with Crippen LogP contribution in [-0.4, -0.2) is 22.0 Å². The van der Waals surface area contributed by atoms with Gasteiger partial charge in [-0.2, -0.15) is 13.2 Å². The molecule has 3 N–H and O–H groups in total. The van der Waals surface area contributed by atoms with Crippen LogP contribution in [0.4, 0.5) is 23.2 Å². The van der Waals surface area contributed by atoms with Gasteiger partial charge in [0, 0.05) is 16.3 Å². The van der Waals surface area contributed by atoms with Gasteiger partial charge < -0.3 is 15.8 Å². The molecule has 2 amide bonds. The Balaban J connectivity index is 2.03. The molecule has 0 unspecified atom stereocenters. The van der Waals surface area contributed by atoms with Gasteiger partial charge in [-0.15, -0.1) is 10.2 Å². The summed E-state index contributed by atoms with van der Waals surface area (Å²) in [5, 5.41) is 8.88. The number of amides is 2. The number of nitrogens with two attached hydrogens (primary N) is 1. The smallest absolute Gasteiger partial charge is 0.434 e. The van der Waals surface area contributed by atoms with Gasteiger partial charge in [-0.1, -0.05) is 11.6 Å². The predicted molar refractivity (Wildman–Crippen MR) is 106 cm³/mol. The number of alkyl halides is 3. The van der Waals surface area contributed by atoms with Crippen LogP contribution in [0.3, 0.4) is 0 Å². The van der Waals surface area contributed by atoms with Crippen LogP contribution in [0.25, 0.3) is 0 Å². The second kappa shape index (κ2) is 8.79. The van der Waals surface area contributed by atoms with Crippen LogP contribution in [-0.2, 0) is 6.18 Å². The number of hydrogen-bond donors (Lipinski definition) is 2. The molecule has 0 aliphatic heterocycles. The van der Waals surface area contributed by atoms with Crippen molar-refractivity contribution in [2.24, 2.45) is 5.73 Å². The molecule has 32 heavy (non-hydrogen) atoms. The molecule has 1 heterocycles. The molecule has 0 saturated carbocycles. The number of hydrogen-bond acceptors (Lipinski definition) is 5. The summed E-state index contributed by atoms with van der Waals surface area (Å²) in [7, 11) is 0. The van der Waals surface area contributed by atoms with E-state index in [4.69, 9.17) is 22.1 Å². The first-order valence-corrected chi connectivity index (χ1v) is 9.13. The van der Waals surface area contributed by atoms with Gasteiger partial charge in [0.25, 0.3) is 11.8 Å². The number of halogens is 5. The lowest BCUT2D eigenvalue weighted by Gasteiger charge is -2.16. The summed E-state index contributed by atoms with van der Waals surface area (Å²) in [6.45, 7) is 1.01. The summed E-state index contributed by atoms with van der Waals surface area (Å²) < 4.78 is 59.3. The molecule has 7 nitrogen and oxygen atoms in total. The lowest BCUT2D eigenvalue weighted by Crippen LogP contribution is -2.21. The highest BCUT2D eigenvalue weighted by molar-refractivity contribution is 6.30. The molecule has 0 saturated heterocycles. The molecule has 0 aliphatic carbocycles. The van der Waals surface area contributed by atoms with E-state index >= 15 is 0 Å². The summed E-state index contributed by atoms with van der Waals surface area (Å²) in [6.07, 6.45) is -4.90. The molecule has 0 fully saturated rings. The van der Waals surface area contributed by atoms with Crippen LogP contribution in [0.15, 0.2) is 42.5 Å². The van der Waals surface area contributed by atoms with Crippen molar-refractivity contribution in [1.29, 1.82) is 0 Å². The maximum atomic E-state index is 14.1. The third-order valence-corrected chi connectivity index (χ3v) is 4.44. The maximum Gasteiger partial charge on any atom is 0.435 e. The van der Waals surface area contributed by atoms with E-state index in [2.05, 4.69) is 15.5 Å². The monoisotopic (exact) mass is 468 g/mol. The van der Waals surface area contributed by atoms with Crippen LogP contribution in [0, 0.1) is 12.7 Å². The van der Waals surface area contributed by atoms with Crippen molar-refractivity contribution < 1.29 is 31.9 Å². The van der Waals surface area contributed by atoms with Crippen molar-refractivity contribution in [3.63, 3.8) is 0 Å². The van der Waals surface area contributed by atoms with Crippen molar-refractivity contribution in [3.8, 4) is 11.6 Å². The fourth-order valence-corrected chi connectivity index (χ4v) is 2.84. The standard InChI is InChI=1S/C20H13ClF4N4O3/c1-9-15(18(31)27-12-5-2-10(3-6-12)17(26)30)19(29-28-16(9)20(23,24)25)32-14-7-4-11(21)8-13(14)22/h2-8H,1H3,(H2,26,30)(H,27,31). The van der Waals surface area contributed by atoms with Gasteiger partial charge in [-0.05, 0) is 55.0 Å². The summed E-state index contributed by atoms with van der Waals surface area (Å²) in [4.78, 5) is 24.0. The molecule has 0 aliphatic rings. The Kier molecular flexibility index (Phi) is 6.30. The summed E-state index contributed by atoms with van der Waals surface area (Å²) >= 11 is 5.68. The van der Waals surface area contributed by atoms with Crippen LogP contribution in [0.2, 0.25) is 5.02 Å². The van der Waals surface area contributed by atoms with Gasteiger partial charge in [0.1, 0.15) is 5.56 Å². The van der Waals surface area contributed by atoms with Crippen molar-refractivity contribution in [2.45, 2.75) is 13.1 Å². The number of primary amides is 1. The number of benzene rings is 2. The highest BCUT2D eigenvalue weighted by Crippen LogP contribution is 2.35. The second-order valence-corrected chi connectivity index (χ2v) is 6.86. The first kappa shape index (κ1) is 22.9. The van der Waals surface area contributed by atoms with Gasteiger partial charge in [0.15, 0.2) is 17.3 Å². The van der Waals surface area contributed by atoms with Gasteiger partial charge in [0.2, 0.25) is 5.91 Å². The Morgan fingerprint density at radius 2 is 1.75 bits per heavy atom. The molecule has 0 atom stereocenters. The fourth-order valence-electron chi connectivity index (χ4n) is 2.68. The molecule has 166 valence electrons. The number of anilines is 1. The third-order valence-electron chi connectivity index (χ3n) is 4.21. The number of carbonyl (C=O) groups is 2. The van der Waals surface area contributed by atoms with E-state index in [0.29, 0.717) is 0 Å². The summed E-state index contributed by atoms with van der Waals surface area (Å²) in [5.74, 6) is -3.73. The predicted octanol–water partition coefficient (Wildman–Crippen LogP) is 4.74. The Bertz CT molecular complexity index is 1200. The molecular weight excluding hydrogens is 456 g/mol. The number of ether oxygens (including phenoxy) is 1. The van der Waals surface area contributed by atoms with Crippen molar-refractivity contribution in [1.82, 2.24) is 10.2 Å². The molecule has 2 aromatic carbocycles. The van der Waals surface area contributed by atoms with Crippen LogP contribution in [0.5, 0.6) is 11.6 Å². The van der Waals surface area contributed by atoms with E-state index in [1.165, 1.54) is 30.3 Å². The number of carbonyl (C=O) groups excluding carboxylic acids is 2. The average Bonchev–Trinajstić information content (AvgIpc) is 2.69. The van der Waals surface area contributed by atoms with Crippen LogP contribution in [0.1, 0.15) is 32.0 Å². The highest BCUT2D eigenvalue weighted by atomic mass is 35.5. The van der Waals surface area contributed by atoms with Crippen LogP contribution < -0.4 is 15.8 Å². The second-order valence-electron chi connectivity index (χ2n) is 6.42. The minimum absolute atomic E-state index is 0.0573. The van der Waals surface area contributed by atoms with Gasteiger partial charge in [-0.3, -0.25) is 9.59 Å². The quantitative estimate of drug-likeness (QED) is 0.526. The van der Waals surface area contributed by atoms with Crippen molar-refractivity contribution in [3.05, 3.63) is 75.7 Å². The first-order chi connectivity index (χ1) is 15.0. The molecule has 3 rings (SSSR count). The molecular formula is C20H13ClF4N4O3. The summed E-state index contributed by atoms with van der Waals surface area (Å²) in [6, 6.07) is 8.61. The lowest BCUT2D eigenvalue weighted by molar-refractivity contribution is -0.142. The fraction of sp³-hybridized carbons (Fsp3) is 0.100. The van der Waals surface area contributed by atoms with E-state index in [9.17, 15) is 27.2 Å². The molecule has 0 bridgehead atoms.